The predicted octanol–water partition coefficient (Wildman–Crippen LogP) is 2.61. The number of nitrogens with zero attached hydrogens (tertiary/aromatic N) is 1. The first kappa shape index (κ1) is 11.3. The van der Waals surface area contributed by atoms with Crippen LogP contribution in [0.4, 0.5) is 5.69 Å². The second kappa shape index (κ2) is 4.74. The van der Waals surface area contributed by atoms with Gasteiger partial charge in [0, 0.05) is 24.8 Å². The summed E-state index contributed by atoms with van der Waals surface area (Å²) in [5.41, 5.74) is 1.70. The van der Waals surface area contributed by atoms with Crippen molar-refractivity contribution in [1.82, 2.24) is 0 Å². The molecular weight excluding hydrogens is 218 g/mol. The minimum atomic E-state index is -1.04. The standard InChI is InChI=1S/C13H13NO3/c1-14(11-5-3-2-4-6-11)9-10-7-8-17-12(10)13(15)16/h2-8H,9H2,1H3,(H,15,16). The van der Waals surface area contributed by atoms with Crippen LogP contribution < -0.4 is 4.90 Å². The molecule has 0 spiro atoms. The van der Waals surface area contributed by atoms with Crippen LogP contribution in [-0.2, 0) is 6.54 Å². The van der Waals surface area contributed by atoms with Gasteiger partial charge in [-0.05, 0) is 18.2 Å². The summed E-state index contributed by atoms with van der Waals surface area (Å²) in [4.78, 5) is 12.9. The topological polar surface area (TPSA) is 53.7 Å². The predicted molar refractivity (Wildman–Crippen MR) is 64.2 cm³/mol. The van der Waals surface area contributed by atoms with E-state index < -0.39 is 5.97 Å². The number of benzene rings is 1. The maximum absolute atomic E-state index is 10.9. The Bertz CT molecular complexity index is 504. The molecule has 2 aromatic rings. The molecule has 0 amide bonds. The summed E-state index contributed by atoms with van der Waals surface area (Å²) in [6.07, 6.45) is 1.40. The molecule has 0 aliphatic carbocycles. The largest absolute Gasteiger partial charge is 0.475 e. The van der Waals surface area contributed by atoms with Crippen molar-refractivity contribution in [2.24, 2.45) is 0 Å². The maximum atomic E-state index is 10.9. The van der Waals surface area contributed by atoms with E-state index in [1.807, 2.05) is 42.3 Å². The van der Waals surface area contributed by atoms with Crippen LogP contribution in [0.3, 0.4) is 0 Å². The third kappa shape index (κ3) is 2.47. The molecule has 0 bridgehead atoms. The van der Waals surface area contributed by atoms with Gasteiger partial charge in [-0.2, -0.15) is 0 Å². The van der Waals surface area contributed by atoms with E-state index in [4.69, 9.17) is 9.52 Å². The van der Waals surface area contributed by atoms with Gasteiger partial charge in [0.05, 0.1) is 6.26 Å². The molecule has 0 atom stereocenters. The molecule has 1 aromatic heterocycles. The zero-order chi connectivity index (χ0) is 12.3. The first-order valence-electron chi connectivity index (χ1n) is 5.24. The third-order valence-electron chi connectivity index (χ3n) is 2.55. The van der Waals surface area contributed by atoms with Crippen LogP contribution >= 0.6 is 0 Å². The Labute approximate surface area is 99.1 Å². The van der Waals surface area contributed by atoms with Gasteiger partial charge in [-0.25, -0.2) is 4.79 Å². The Balaban J connectivity index is 2.16. The Morgan fingerprint density at radius 2 is 2.00 bits per heavy atom. The van der Waals surface area contributed by atoms with Crippen LogP contribution in [0.25, 0.3) is 0 Å². The minimum absolute atomic E-state index is 0.00720. The van der Waals surface area contributed by atoms with Gasteiger partial charge in [-0.15, -0.1) is 0 Å². The fourth-order valence-electron chi connectivity index (χ4n) is 1.68. The van der Waals surface area contributed by atoms with Crippen molar-refractivity contribution in [2.75, 3.05) is 11.9 Å². The molecule has 0 saturated heterocycles. The summed E-state index contributed by atoms with van der Waals surface area (Å²) in [5.74, 6) is -1.03. The summed E-state index contributed by atoms with van der Waals surface area (Å²) in [7, 11) is 1.91. The lowest BCUT2D eigenvalue weighted by molar-refractivity contribution is 0.0661. The van der Waals surface area contributed by atoms with E-state index in [9.17, 15) is 4.79 Å². The molecule has 4 heteroatoms. The van der Waals surface area contributed by atoms with Crippen LogP contribution in [0.1, 0.15) is 16.1 Å². The molecule has 0 fully saturated rings. The lowest BCUT2D eigenvalue weighted by atomic mass is 10.2. The van der Waals surface area contributed by atoms with Crippen LogP contribution in [0, 0.1) is 0 Å². The zero-order valence-corrected chi connectivity index (χ0v) is 9.46. The van der Waals surface area contributed by atoms with Gasteiger partial charge in [0.2, 0.25) is 5.76 Å². The van der Waals surface area contributed by atoms with Gasteiger partial charge in [0.25, 0.3) is 0 Å². The molecule has 0 aliphatic heterocycles. The van der Waals surface area contributed by atoms with Crippen LogP contribution in [0.15, 0.2) is 47.1 Å². The number of rotatable bonds is 4. The number of carboxylic acid groups (broad SMARTS) is 1. The van der Waals surface area contributed by atoms with E-state index in [0.717, 1.165) is 5.69 Å². The lowest BCUT2D eigenvalue weighted by Gasteiger charge is -2.18. The van der Waals surface area contributed by atoms with Crippen LogP contribution in [0.5, 0.6) is 0 Å². The van der Waals surface area contributed by atoms with Gasteiger partial charge in [-0.1, -0.05) is 18.2 Å². The van der Waals surface area contributed by atoms with Crippen molar-refractivity contribution in [3.63, 3.8) is 0 Å². The monoisotopic (exact) mass is 231 g/mol. The number of carbonyl (C=O) groups is 1. The van der Waals surface area contributed by atoms with Crippen molar-refractivity contribution >= 4 is 11.7 Å². The fraction of sp³-hybridized carbons (Fsp3) is 0.154. The second-order valence-corrected chi connectivity index (χ2v) is 3.77. The van der Waals surface area contributed by atoms with Gasteiger partial charge >= 0.3 is 5.97 Å². The van der Waals surface area contributed by atoms with Crippen molar-refractivity contribution in [2.45, 2.75) is 6.54 Å². The molecule has 1 heterocycles. The molecule has 0 unspecified atom stereocenters. The highest BCUT2D eigenvalue weighted by molar-refractivity contribution is 5.86. The molecule has 0 radical (unpaired) electrons. The summed E-state index contributed by atoms with van der Waals surface area (Å²) in [5, 5.41) is 8.93. The second-order valence-electron chi connectivity index (χ2n) is 3.77. The molecule has 88 valence electrons. The highest BCUT2D eigenvalue weighted by Gasteiger charge is 2.15. The normalized spacial score (nSPS) is 10.2. The summed E-state index contributed by atoms with van der Waals surface area (Å²) < 4.78 is 4.94. The molecule has 1 N–H and O–H groups in total. The van der Waals surface area contributed by atoms with E-state index in [1.165, 1.54) is 6.26 Å². The SMILES string of the molecule is CN(Cc1ccoc1C(=O)O)c1ccccc1. The number of anilines is 1. The first-order chi connectivity index (χ1) is 8.18. The number of carboxylic acids is 1. The number of aromatic carboxylic acids is 1. The number of para-hydroxylation sites is 1. The molecule has 1 aromatic carbocycles. The van der Waals surface area contributed by atoms with E-state index >= 15 is 0 Å². The van der Waals surface area contributed by atoms with Crippen molar-refractivity contribution in [3.05, 3.63) is 54.0 Å². The van der Waals surface area contributed by atoms with Crippen molar-refractivity contribution in [1.29, 1.82) is 0 Å². The summed E-state index contributed by atoms with van der Waals surface area (Å²) >= 11 is 0. The molecule has 0 aliphatic rings. The van der Waals surface area contributed by atoms with Crippen molar-refractivity contribution in [3.8, 4) is 0 Å². The van der Waals surface area contributed by atoms with E-state index in [0.29, 0.717) is 12.1 Å². The summed E-state index contributed by atoms with van der Waals surface area (Å²) in [6, 6.07) is 11.5. The highest BCUT2D eigenvalue weighted by atomic mass is 16.4. The third-order valence-corrected chi connectivity index (χ3v) is 2.55. The van der Waals surface area contributed by atoms with Gasteiger partial charge < -0.3 is 14.4 Å². The van der Waals surface area contributed by atoms with Crippen molar-refractivity contribution < 1.29 is 14.3 Å². The van der Waals surface area contributed by atoms with Crippen LogP contribution in [-0.4, -0.2) is 18.1 Å². The van der Waals surface area contributed by atoms with E-state index in [2.05, 4.69) is 0 Å². The van der Waals surface area contributed by atoms with E-state index in [1.54, 1.807) is 6.07 Å². The average Bonchev–Trinajstić information content (AvgIpc) is 2.78. The zero-order valence-electron chi connectivity index (χ0n) is 9.46. The van der Waals surface area contributed by atoms with Crippen LogP contribution in [0.2, 0.25) is 0 Å². The Hall–Kier alpha value is -2.23. The number of hydrogen-bond acceptors (Lipinski definition) is 3. The molecule has 0 saturated carbocycles. The summed E-state index contributed by atoms with van der Waals surface area (Å²) in [6.45, 7) is 0.502. The van der Waals surface area contributed by atoms with Gasteiger partial charge in [0.1, 0.15) is 0 Å². The molecule has 17 heavy (non-hydrogen) atoms. The Morgan fingerprint density at radius 1 is 1.29 bits per heavy atom. The number of furan rings is 1. The lowest BCUT2D eigenvalue weighted by Crippen LogP contribution is -2.17. The average molecular weight is 231 g/mol. The van der Waals surface area contributed by atoms with Gasteiger partial charge in [0.15, 0.2) is 0 Å². The Morgan fingerprint density at radius 3 is 2.65 bits per heavy atom. The maximum Gasteiger partial charge on any atom is 0.372 e. The highest BCUT2D eigenvalue weighted by Crippen LogP contribution is 2.17. The Kier molecular flexibility index (Phi) is 3.14. The fourth-order valence-corrected chi connectivity index (χ4v) is 1.68. The van der Waals surface area contributed by atoms with E-state index in [-0.39, 0.29) is 5.76 Å². The minimum Gasteiger partial charge on any atom is -0.475 e. The molecular formula is C13H13NO3. The number of hydrogen-bond donors (Lipinski definition) is 1. The van der Waals surface area contributed by atoms with Gasteiger partial charge in [-0.3, -0.25) is 0 Å². The smallest absolute Gasteiger partial charge is 0.372 e. The molecule has 4 nitrogen and oxygen atoms in total. The molecule has 2 rings (SSSR count). The quantitative estimate of drug-likeness (QED) is 0.878. The first-order valence-corrected chi connectivity index (χ1v) is 5.24.